The number of anilines is 1. The van der Waals surface area contributed by atoms with Crippen molar-refractivity contribution in [2.75, 3.05) is 32.1 Å². The van der Waals surface area contributed by atoms with Crippen molar-refractivity contribution in [2.24, 2.45) is 16.8 Å². The van der Waals surface area contributed by atoms with Crippen molar-refractivity contribution in [3.8, 4) is 0 Å². The lowest BCUT2D eigenvalue weighted by atomic mass is 10.1. The molecule has 0 saturated carbocycles. The van der Waals surface area contributed by atoms with E-state index in [2.05, 4.69) is 34.8 Å². The third-order valence-electron chi connectivity index (χ3n) is 3.70. The smallest absolute Gasteiger partial charge is 0.224 e. The first kappa shape index (κ1) is 23.0. The van der Waals surface area contributed by atoms with E-state index in [0.717, 1.165) is 43.4 Å². The number of amides is 1. The predicted molar refractivity (Wildman–Crippen MR) is 113 cm³/mol. The van der Waals surface area contributed by atoms with Crippen LogP contribution in [0.2, 0.25) is 0 Å². The second-order valence-electron chi connectivity index (χ2n) is 7.52. The molecule has 1 aromatic carbocycles. The number of rotatable bonds is 11. The highest BCUT2D eigenvalue weighted by Crippen LogP contribution is 2.12. The minimum Gasteiger partial charge on any atom is -0.381 e. The Morgan fingerprint density at radius 1 is 1.15 bits per heavy atom. The summed E-state index contributed by atoms with van der Waals surface area (Å²) in [5.74, 6) is 1.72. The predicted octanol–water partition coefficient (Wildman–Crippen LogP) is 3.40. The molecule has 0 aliphatic carbocycles. The van der Waals surface area contributed by atoms with Crippen LogP contribution in [0.15, 0.2) is 29.3 Å². The van der Waals surface area contributed by atoms with E-state index in [4.69, 9.17) is 4.74 Å². The van der Waals surface area contributed by atoms with E-state index in [0.29, 0.717) is 24.8 Å². The van der Waals surface area contributed by atoms with Crippen LogP contribution in [0.25, 0.3) is 0 Å². The molecule has 27 heavy (non-hydrogen) atoms. The van der Waals surface area contributed by atoms with Crippen LogP contribution in [0.3, 0.4) is 0 Å². The molecule has 0 aliphatic heterocycles. The van der Waals surface area contributed by atoms with E-state index < -0.39 is 0 Å². The highest BCUT2D eigenvalue weighted by Gasteiger charge is 2.06. The number of nitrogens with zero attached hydrogens (tertiary/aromatic N) is 1. The second-order valence-corrected chi connectivity index (χ2v) is 7.52. The number of nitrogens with one attached hydrogen (secondary N) is 3. The van der Waals surface area contributed by atoms with Gasteiger partial charge in [-0.05, 0) is 36.0 Å². The fourth-order valence-corrected chi connectivity index (χ4v) is 2.45. The average molecular weight is 377 g/mol. The Morgan fingerprint density at radius 2 is 1.93 bits per heavy atom. The lowest BCUT2D eigenvalue weighted by Crippen LogP contribution is -2.37. The second kappa shape index (κ2) is 13.1. The normalized spacial score (nSPS) is 11.7. The van der Waals surface area contributed by atoms with Crippen molar-refractivity contribution in [3.63, 3.8) is 0 Å². The zero-order valence-electron chi connectivity index (χ0n) is 17.5. The van der Waals surface area contributed by atoms with Crippen LogP contribution >= 0.6 is 0 Å². The molecule has 0 unspecified atom stereocenters. The summed E-state index contributed by atoms with van der Waals surface area (Å²) in [7, 11) is 1.76. The topological polar surface area (TPSA) is 74.8 Å². The molecule has 0 saturated heterocycles. The van der Waals surface area contributed by atoms with Gasteiger partial charge < -0.3 is 20.7 Å². The van der Waals surface area contributed by atoms with Crippen molar-refractivity contribution >= 4 is 17.6 Å². The molecule has 0 heterocycles. The van der Waals surface area contributed by atoms with Gasteiger partial charge in [0.15, 0.2) is 5.96 Å². The van der Waals surface area contributed by atoms with Gasteiger partial charge in [0.25, 0.3) is 0 Å². The van der Waals surface area contributed by atoms with E-state index in [1.165, 1.54) is 0 Å². The monoisotopic (exact) mass is 376 g/mol. The maximum atomic E-state index is 11.9. The van der Waals surface area contributed by atoms with Crippen LogP contribution in [0.1, 0.15) is 46.1 Å². The summed E-state index contributed by atoms with van der Waals surface area (Å²) in [6, 6.07) is 7.87. The number of hydrogen-bond donors (Lipinski definition) is 3. The quantitative estimate of drug-likeness (QED) is 0.314. The molecular formula is C21H36N4O2. The summed E-state index contributed by atoms with van der Waals surface area (Å²) in [5.41, 5.74) is 1.91. The van der Waals surface area contributed by atoms with Gasteiger partial charge in [0.05, 0.1) is 0 Å². The van der Waals surface area contributed by atoms with Crippen molar-refractivity contribution in [3.05, 3.63) is 29.8 Å². The summed E-state index contributed by atoms with van der Waals surface area (Å²) in [6.07, 6.45) is 1.46. The molecule has 0 aromatic heterocycles. The fraction of sp³-hybridized carbons (Fsp3) is 0.619. The van der Waals surface area contributed by atoms with Gasteiger partial charge in [-0.15, -0.1) is 0 Å². The third kappa shape index (κ3) is 11.3. The molecule has 6 nitrogen and oxygen atoms in total. The Balaban J connectivity index is 2.36. The Kier molecular flexibility index (Phi) is 11.2. The van der Waals surface area contributed by atoms with Gasteiger partial charge in [0.2, 0.25) is 5.91 Å². The van der Waals surface area contributed by atoms with Gasteiger partial charge in [0, 0.05) is 45.5 Å². The first-order valence-electron chi connectivity index (χ1n) is 9.81. The molecule has 0 radical (unpaired) electrons. The Labute approximate surface area is 164 Å². The summed E-state index contributed by atoms with van der Waals surface area (Å²) in [5, 5.41) is 9.53. The highest BCUT2D eigenvalue weighted by atomic mass is 16.5. The summed E-state index contributed by atoms with van der Waals surface area (Å²) in [6.45, 7) is 11.4. The first-order valence-corrected chi connectivity index (χ1v) is 9.81. The number of aliphatic imine (C=N–C) groups is 1. The van der Waals surface area contributed by atoms with Crippen molar-refractivity contribution < 1.29 is 9.53 Å². The van der Waals surface area contributed by atoms with Gasteiger partial charge in [-0.3, -0.25) is 9.79 Å². The fourth-order valence-electron chi connectivity index (χ4n) is 2.45. The summed E-state index contributed by atoms with van der Waals surface area (Å²) < 4.78 is 5.57. The minimum absolute atomic E-state index is 0.0484. The molecule has 0 bridgehead atoms. The average Bonchev–Trinajstić information content (AvgIpc) is 2.59. The largest absolute Gasteiger partial charge is 0.381 e. The maximum absolute atomic E-state index is 11.9. The summed E-state index contributed by atoms with van der Waals surface area (Å²) >= 11 is 0. The maximum Gasteiger partial charge on any atom is 0.224 e. The number of ether oxygens (including phenoxy) is 1. The van der Waals surface area contributed by atoms with Gasteiger partial charge in [-0.1, -0.05) is 39.8 Å². The standard InChI is InChI=1S/C21H36N4O2/c1-16(2)12-20(26)25-19-9-6-8-18(13-19)14-24-21(22-5)23-10-7-11-27-15-17(3)4/h6,8-9,13,16-17H,7,10-12,14-15H2,1-5H3,(H,25,26)(H2,22,23,24). The van der Waals surface area contributed by atoms with E-state index in [1.807, 2.05) is 38.1 Å². The van der Waals surface area contributed by atoms with Crippen LogP contribution in [0.4, 0.5) is 5.69 Å². The number of guanidine groups is 1. The van der Waals surface area contributed by atoms with Crippen LogP contribution in [-0.4, -0.2) is 38.7 Å². The van der Waals surface area contributed by atoms with Crippen LogP contribution < -0.4 is 16.0 Å². The zero-order chi connectivity index (χ0) is 20.1. The van der Waals surface area contributed by atoms with Gasteiger partial charge in [-0.25, -0.2) is 0 Å². The number of benzene rings is 1. The van der Waals surface area contributed by atoms with E-state index in [1.54, 1.807) is 7.05 Å². The van der Waals surface area contributed by atoms with Crippen LogP contribution in [-0.2, 0) is 16.1 Å². The highest BCUT2D eigenvalue weighted by molar-refractivity contribution is 5.90. The van der Waals surface area contributed by atoms with Crippen LogP contribution in [0.5, 0.6) is 0 Å². The molecule has 0 atom stereocenters. The van der Waals surface area contributed by atoms with Gasteiger partial charge >= 0.3 is 0 Å². The molecule has 152 valence electrons. The molecule has 0 spiro atoms. The van der Waals surface area contributed by atoms with Gasteiger partial charge in [-0.2, -0.15) is 0 Å². The lowest BCUT2D eigenvalue weighted by Gasteiger charge is -2.13. The summed E-state index contributed by atoms with van der Waals surface area (Å²) in [4.78, 5) is 16.1. The SMILES string of the molecule is CN=C(NCCCOCC(C)C)NCc1cccc(NC(=O)CC(C)C)c1. The Morgan fingerprint density at radius 3 is 2.59 bits per heavy atom. The van der Waals surface area contributed by atoms with E-state index in [-0.39, 0.29) is 5.91 Å². The minimum atomic E-state index is 0.0484. The molecule has 1 rings (SSSR count). The molecule has 1 aromatic rings. The van der Waals surface area contributed by atoms with E-state index in [9.17, 15) is 4.79 Å². The Hall–Kier alpha value is -2.08. The van der Waals surface area contributed by atoms with Crippen molar-refractivity contribution in [1.82, 2.24) is 10.6 Å². The van der Waals surface area contributed by atoms with Gasteiger partial charge in [0.1, 0.15) is 0 Å². The van der Waals surface area contributed by atoms with Crippen molar-refractivity contribution in [1.29, 1.82) is 0 Å². The zero-order valence-corrected chi connectivity index (χ0v) is 17.5. The molecule has 1 amide bonds. The molecule has 0 aliphatic rings. The third-order valence-corrected chi connectivity index (χ3v) is 3.70. The molecule has 3 N–H and O–H groups in total. The van der Waals surface area contributed by atoms with Crippen molar-refractivity contribution in [2.45, 2.75) is 47.1 Å². The first-order chi connectivity index (χ1) is 12.9. The Bertz CT molecular complexity index is 585. The number of carbonyl (C=O) groups excluding carboxylic acids is 1. The van der Waals surface area contributed by atoms with Crippen LogP contribution in [0, 0.1) is 11.8 Å². The lowest BCUT2D eigenvalue weighted by molar-refractivity contribution is -0.116. The molecule has 0 fully saturated rings. The molecular weight excluding hydrogens is 340 g/mol. The number of carbonyl (C=O) groups is 1. The van der Waals surface area contributed by atoms with E-state index >= 15 is 0 Å². The number of hydrogen-bond acceptors (Lipinski definition) is 3. The molecule has 6 heteroatoms.